The minimum absolute atomic E-state index is 0. The van der Waals surface area contributed by atoms with Gasteiger partial charge in [-0.15, -0.1) is 22.7 Å². The first-order valence-electron chi connectivity index (χ1n) is 15.9. The van der Waals surface area contributed by atoms with Gasteiger partial charge in [-0.2, -0.15) is 6.42 Å². The van der Waals surface area contributed by atoms with Crippen LogP contribution in [-0.4, -0.2) is 42.8 Å². The fourth-order valence-electron chi connectivity index (χ4n) is 4.41. The molecule has 0 bridgehead atoms. The molecule has 0 fully saturated rings. The molecule has 0 atom stereocenters. The van der Waals surface area contributed by atoms with Gasteiger partial charge in [-0.25, -0.2) is 0 Å². The number of rotatable bonds is 8. The van der Waals surface area contributed by atoms with Crippen LogP contribution in [0.2, 0.25) is 0 Å². The zero-order chi connectivity index (χ0) is 33.6. The van der Waals surface area contributed by atoms with Crippen molar-refractivity contribution in [3.8, 4) is 0 Å². The molecular formula is C37H47B2LiO5S2. The van der Waals surface area contributed by atoms with Crippen LogP contribution in [0.4, 0.5) is 0 Å². The van der Waals surface area contributed by atoms with Crippen molar-refractivity contribution in [3.05, 3.63) is 97.9 Å². The van der Waals surface area contributed by atoms with Gasteiger partial charge in [0.05, 0.1) is 0 Å². The van der Waals surface area contributed by atoms with Gasteiger partial charge in [0, 0.05) is 53.3 Å². The van der Waals surface area contributed by atoms with Crippen molar-refractivity contribution in [2.75, 3.05) is 0 Å². The monoisotopic (exact) mass is 664 g/mol. The number of hydrogen-bond donors (Lipinski definition) is 2. The van der Waals surface area contributed by atoms with Gasteiger partial charge < -0.3 is 30.9 Å². The van der Waals surface area contributed by atoms with Gasteiger partial charge in [-0.1, -0.05) is 86.1 Å². The second-order valence-corrected chi connectivity index (χ2v) is 13.6. The Morgan fingerprint density at radius 2 is 0.957 bits per heavy atom. The first-order valence-corrected chi connectivity index (χ1v) is 17.6. The van der Waals surface area contributed by atoms with Crippen molar-refractivity contribution < 1.29 is 42.9 Å². The van der Waals surface area contributed by atoms with Crippen LogP contribution >= 0.6 is 22.7 Å². The topological polar surface area (TPSA) is 68.2 Å². The molecule has 0 radical (unpaired) electrons. The van der Waals surface area contributed by atoms with Crippen molar-refractivity contribution in [3.63, 3.8) is 0 Å². The molecule has 5 nitrogen and oxygen atoms in total. The Kier molecular flexibility index (Phi) is 18.4. The standard InChI is InChI=1S/C12H9BO2S.C12H8S.C9H21BO3.C4H9.Li/c14-13(15)10-6-3-5-9-8-4-1-2-7-11(8)16-12(9)10;1-3-7-11-9(5-1)10-6-2-4-8-12(10)13-11;1-7(2)11-10(12-8(3)4)13-9(5)6;1-3-4-2;/h1-7,14-15H;1-8H;7-9H,1-6H3;1,3-4H2,2H3;/q;;;-1;+1. The van der Waals surface area contributed by atoms with E-state index in [4.69, 9.17) is 14.0 Å². The predicted octanol–water partition coefficient (Wildman–Crippen LogP) is 6.66. The minimum atomic E-state index is -1.41. The number of hydrogen-bond acceptors (Lipinski definition) is 7. The fraction of sp³-hybridized carbons (Fsp3) is 0.324. The molecule has 0 aliphatic heterocycles. The molecule has 2 heterocycles. The quantitative estimate of drug-likeness (QED) is 0.141. The minimum Gasteiger partial charge on any atom is -0.423 e. The van der Waals surface area contributed by atoms with E-state index in [0.29, 0.717) is 5.46 Å². The maximum absolute atomic E-state index is 9.31. The van der Waals surface area contributed by atoms with Gasteiger partial charge in [0.15, 0.2) is 0 Å². The molecule has 6 aromatic rings. The molecule has 10 heteroatoms. The summed E-state index contributed by atoms with van der Waals surface area (Å²) in [5, 5.41) is 23.6. The fourth-order valence-corrected chi connectivity index (χ4v) is 6.75. The van der Waals surface area contributed by atoms with Crippen LogP contribution in [0.15, 0.2) is 91.0 Å². The summed E-state index contributed by atoms with van der Waals surface area (Å²) in [6.45, 7) is 17.5. The van der Waals surface area contributed by atoms with Gasteiger partial charge in [0.2, 0.25) is 0 Å². The summed E-state index contributed by atoms with van der Waals surface area (Å²) in [6, 6.07) is 30.8. The Labute approximate surface area is 301 Å². The van der Waals surface area contributed by atoms with E-state index >= 15 is 0 Å². The smallest absolute Gasteiger partial charge is 0.423 e. The Morgan fingerprint density at radius 1 is 0.596 bits per heavy atom. The van der Waals surface area contributed by atoms with Crippen molar-refractivity contribution in [2.45, 2.75) is 79.6 Å². The van der Waals surface area contributed by atoms with E-state index in [2.05, 4.69) is 68.4 Å². The molecule has 0 spiro atoms. The third-order valence-electron chi connectivity index (χ3n) is 6.50. The van der Waals surface area contributed by atoms with Gasteiger partial charge >= 0.3 is 33.3 Å². The molecule has 0 saturated carbocycles. The van der Waals surface area contributed by atoms with E-state index in [1.165, 1.54) is 36.7 Å². The Morgan fingerprint density at radius 3 is 1.34 bits per heavy atom. The average molecular weight is 664 g/mol. The van der Waals surface area contributed by atoms with Crippen molar-refractivity contribution in [2.24, 2.45) is 0 Å². The normalized spacial score (nSPS) is 10.7. The molecule has 0 aliphatic rings. The van der Waals surface area contributed by atoms with E-state index in [9.17, 15) is 10.0 Å². The number of benzene rings is 4. The second-order valence-electron chi connectivity index (χ2n) is 11.5. The average Bonchev–Trinajstić information content (AvgIpc) is 3.59. The number of thiophene rings is 2. The largest absolute Gasteiger partial charge is 1.00 e. The van der Waals surface area contributed by atoms with Crippen LogP contribution in [0, 0.1) is 6.92 Å². The van der Waals surface area contributed by atoms with Crippen LogP contribution in [0.25, 0.3) is 40.3 Å². The Hall–Kier alpha value is -2.15. The molecule has 0 saturated heterocycles. The zero-order valence-electron chi connectivity index (χ0n) is 29.1. The third kappa shape index (κ3) is 12.7. The zero-order valence-corrected chi connectivity index (χ0v) is 30.7. The van der Waals surface area contributed by atoms with E-state index in [0.717, 1.165) is 16.5 Å². The van der Waals surface area contributed by atoms with E-state index in [1.807, 2.05) is 83.2 Å². The summed E-state index contributed by atoms with van der Waals surface area (Å²) in [5.41, 5.74) is 0.582. The first kappa shape index (κ1) is 41.0. The summed E-state index contributed by atoms with van der Waals surface area (Å²) >= 11 is 3.46. The summed E-state index contributed by atoms with van der Waals surface area (Å²) in [7, 11) is -1.95. The maximum atomic E-state index is 9.31. The molecule has 47 heavy (non-hydrogen) atoms. The van der Waals surface area contributed by atoms with E-state index < -0.39 is 14.4 Å². The van der Waals surface area contributed by atoms with Gasteiger partial charge in [-0.05, 0) is 70.6 Å². The molecule has 2 aromatic heterocycles. The van der Waals surface area contributed by atoms with Crippen LogP contribution in [-0.2, 0) is 14.0 Å². The van der Waals surface area contributed by atoms with E-state index in [1.54, 1.807) is 17.4 Å². The first-order chi connectivity index (χ1) is 22.0. The number of fused-ring (bicyclic) bond motifs is 6. The predicted molar refractivity (Wildman–Crippen MR) is 203 cm³/mol. The SMILES string of the molecule is CC(C)OB(OC(C)C)OC(C)C.OB(O)c1cccc2c1sc1ccccc12.[CH2-]CCC.[Li+].c1ccc2c(c1)sc1ccccc12. The second kappa shape index (κ2) is 21.0. The molecule has 0 amide bonds. The molecule has 2 N–H and O–H groups in total. The summed E-state index contributed by atoms with van der Waals surface area (Å²) in [6.07, 6.45) is 2.62. The summed E-state index contributed by atoms with van der Waals surface area (Å²) < 4.78 is 21.2. The Balaban J connectivity index is 0.000000231. The maximum Gasteiger partial charge on any atom is 1.00 e. The van der Waals surface area contributed by atoms with E-state index in [-0.39, 0.29) is 37.2 Å². The molecule has 4 aromatic carbocycles. The number of unbranched alkanes of at least 4 members (excludes halogenated alkanes) is 1. The summed E-state index contributed by atoms with van der Waals surface area (Å²) in [4.78, 5) is 0. The molecule has 6 rings (SSSR count). The molecule has 0 unspecified atom stereocenters. The van der Waals surface area contributed by atoms with Gasteiger partial charge in [0.1, 0.15) is 0 Å². The molecular weight excluding hydrogens is 617 g/mol. The van der Waals surface area contributed by atoms with Crippen LogP contribution < -0.4 is 24.3 Å². The summed E-state index contributed by atoms with van der Waals surface area (Å²) in [5.74, 6) is 0. The van der Waals surface area contributed by atoms with Crippen LogP contribution in [0.5, 0.6) is 0 Å². The molecule has 244 valence electrons. The van der Waals surface area contributed by atoms with Gasteiger partial charge in [-0.3, -0.25) is 0 Å². The third-order valence-corrected chi connectivity index (χ3v) is 8.89. The van der Waals surface area contributed by atoms with Gasteiger partial charge in [0.25, 0.3) is 0 Å². The van der Waals surface area contributed by atoms with Crippen molar-refractivity contribution in [1.29, 1.82) is 0 Å². The van der Waals surface area contributed by atoms with Crippen LogP contribution in [0.3, 0.4) is 0 Å². The van der Waals surface area contributed by atoms with Crippen LogP contribution in [0.1, 0.15) is 61.3 Å². The van der Waals surface area contributed by atoms with Crippen molar-refractivity contribution in [1.82, 2.24) is 0 Å². The van der Waals surface area contributed by atoms with Crippen molar-refractivity contribution >= 4 is 82.9 Å². The Bertz CT molecular complexity index is 1680. The molecule has 0 aliphatic carbocycles.